The smallest absolute Gasteiger partial charge is 0.207 e. The van der Waals surface area contributed by atoms with Crippen LogP contribution >= 0.6 is 11.3 Å². The molecule has 16 heavy (non-hydrogen) atoms. The summed E-state index contributed by atoms with van der Waals surface area (Å²) in [6.45, 7) is 2.23. The lowest BCUT2D eigenvalue weighted by molar-refractivity contribution is 0.332. The van der Waals surface area contributed by atoms with E-state index >= 15 is 0 Å². The van der Waals surface area contributed by atoms with E-state index in [2.05, 4.69) is 11.6 Å². The maximum absolute atomic E-state index is 11.9. The third kappa shape index (κ3) is 2.84. The van der Waals surface area contributed by atoms with E-state index in [0.717, 1.165) is 31.6 Å². The van der Waals surface area contributed by atoms with Crippen molar-refractivity contribution in [2.45, 2.75) is 42.9 Å². The minimum atomic E-state index is -3.27. The van der Waals surface area contributed by atoms with Crippen molar-refractivity contribution in [2.75, 3.05) is 0 Å². The summed E-state index contributed by atoms with van der Waals surface area (Å²) in [7, 11) is -3.27. The van der Waals surface area contributed by atoms with E-state index in [-0.39, 0.29) is 6.04 Å². The lowest BCUT2D eigenvalue weighted by atomic mass is 9.88. The predicted molar refractivity (Wildman–Crippen MR) is 66.1 cm³/mol. The van der Waals surface area contributed by atoms with Gasteiger partial charge in [0.2, 0.25) is 10.0 Å². The van der Waals surface area contributed by atoms with E-state index in [1.165, 1.54) is 11.3 Å². The first-order valence-electron chi connectivity index (χ1n) is 5.64. The first-order valence-corrected chi connectivity index (χ1v) is 8.00. The van der Waals surface area contributed by atoms with E-state index in [4.69, 9.17) is 0 Å². The van der Waals surface area contributed by atoms with Gasteiger partial charge in [0.05, 0.1) is 0 Å². The molecule has 0 amide bonds. The van der Waals surface area contributed by atoms with Gasteiger partial charge in [-0.25, -0.2) is 13.1 Å². The largest absolute Gasteiger partial charge is 0.250 e. The summed E-state index contributed by atoms with van der Waals surface area (Å²) >= 11 is 1.27. The van der Waals surface area contributed by atoms with Crippen LogP contribution in [0.1, 0.15) is 32.6 Å². The molecule has 0 bridgehead atoms. The molecular weight excluding hydrogens is 242 g/mol. The first-order chi connectivity index (χ1) is 7.58. The lowest BCUT2D eigenvalue weighted by Gasteiger charge is -2.26. The fourth-order valence-corrected chi connectivity index (χ4v) is 4.39. The summed E-state index contributed by atoms with van der Waals surface area (Å²) in [5.74, 6) is 0.738. The summed E-state index contributed by atoms with van der Waals surface area (Å²) in [5, 5.41) is 1.79. The van der Waals surface area contributed by atoms with Crippen molar-refractivity contribution in [2.24, 2.45) is 5.92 Å². The molecule has 0 atom stereocenters. The van der Waals surface area contributed by atoms with Crippen LogP contribution < -0.4 is 4.72 Å². The summed E-state index contributed by atoms with van der Waals surface area (Å²) in [5.41, 5.74) is 0. The van der Waals surface area contributed by atoms with Gasteiger partial charge in [0.25, 0.3) is 0 Å². The molecule has 2 rings (SSSR count). The Morgan fingerprint density at radius 3 is 2.56 bits per heavy atom. The van der Waals surface area contributed by atoms with Crippen molar-refractivity contribution in [1.29, 1.82) is 0 Å². The fourth-order valence-electron chi connectivity index (χ4n) is 2.07. The van der Waals surface area contributed by atoms with Gasteiger partial charge in [0, 0.05) is 6.04 Å². The van der Waals surface area contributed by atoms with Gasteiger partial charge in [-0.15, -0.1) is 11.3 Å². The predicted octanol–water partition coefficient (Wildman–Crippen LogP) is 2.61. The number of sulfonamides is 1. The van der Waals surface area contributed by atoms with Gasteiger partial charge in [0.1, 0.15) is 4.21 Å². The zero-order chi connectivity index (χ0) is 11.6. The van der Waals surface area contributed by atoms with Gasteiger partial charge >= 0.3 is 0 Å². The Balaban J connectivity index is 2.00. The molecule has 0 radical (unpaired) electrons. The second-order valence-electron chi connectivity index (χ2n) is 4.51. The number of nitrogens with one attached hydrogen (secondary N) is 1. The van der Waals surface area contributed by atoms with Crippen LogP contribution in [0.5, 0.6) is 0 Å². The Bertz CT molecular complexity index is 417. The first kappa shape index (κ1) is 12.1. The van der Waals surface area contributed by atoms with Crippen LogP contribution in [0.15, 0.2) is 21.7 Å². The number of hydrogen-bond donors (Lipinski definition) is 1. The van der Waals surface area contributed by atoms with Crippen molar-refractivity contribution in [1.82, 2.24) is 4.72 Å². The minimum Gasteiger partial charge on any atom is -0.207 e. The van der Waals surface area contributed by atoms with E-state index in [1.807, 2.05) is 0 Å². The molecule has 0 aromatic carbocycles. The maximum atomic E-state index is 11.9. The molecular formula is C11H17NO2S2. The molecule has 1 aliphatic rings. The van der Waals surface area contributed by atoms with Gasteiger partial charge in [0.15, 0.2) is 0 Å². The monoisotopic (exact) mass is 259 g/mol. The van der Waals surface area contributed by atoms with E-state index in [1.54, 1.807) is 17.5 Å². The van der Waals surface area contributed by atoms with Gasteiger partial charge < -0.3 is 0 Å². The molecule has 3 nitrogen and oxygen atoms in total. The van der Waals surface area contributed by atoms with Crippen LogP contribution in [0.2, 0.25) is 0 Å². The van der Waals surface area contributed by atoms with E-state index in [9.17, 15) is 8.42 Å². The average Bonchev–Trinajstić information content (AvgIpc) is 2.75. The Morgan fingerprint density at radius 1 is 1.31 bits per heavy atom. The lowest BCUT2D eigenvalue weighted by Crippen LogP contribution is -2.36. The highest BCUT2D eigenvalue weighted by Crippen LogP contribution is 2.25. The Hall–Kier alpha value is -0.390. The summed E-state index contributed by atoms with van der Waals surface area (Å²) in [6, 6.07) is 3.55. The second-order valence-corrected chi connectivity index (χ2v) is 7.40. The zero-order valence-electron chi connectivity index (χ0n) is 9.35. The highest BCUT2D eigenvalue weighted by Gasteiger charge is 2.24. The highest BCUT2D eigenvalue weighted by atomic mass is 32.2. The average molecular weight is 259 g/mol. The molecule has 90 valence electrons. The molecule has 1 aromatic heterocycles. The molecule has 0 aliphatic heterocycles. The van der Waals surface area contributed by atoms with Crippen LogP contribution in [0.25, 0.3) is 0 Å². The maximum Gasteiger partial charge on any atom is 0.250 e. The van der Waals surface area contributed by atoms with Crippen LogP contribution in [0.4, 0.5) is 0 Å². The minimum absolute atomic E-state index is 0.128. The third-order valence-electron chi connectivity index (χ3n) is 3.10. The number of rotatable bonds is 3. The molecule has 1 aliphatic carbocycles. The molecule has 0 unspecified atom stereocenters. The van der Waals surface area contributed by atoms with Crippen LogP contribution in [-0.4, -0.2) is 14.5 Å². The van der Waals surface area contributed by atoms with Gasteiger partial charge in [-0.2, -0.15) is 0 Å². The summed E-state index contributed by atoms with van der Waals surface area (Å²) < 4.78 is 27.1. The number of thiophene rings is 1. The van der Waals surface area contributed by atoms with Crippen molar-refractivity contribution in [3.05, 3.63) is 17.5 Å². The Kier molecular flexibility index (Phi) is 3.66. The summed E-state index contributed by atoms with van der Waals surface area (Å²) in [4.78, 5) is 0. The Morgan fingerprint density at radius 2 is 2.00 bits per heavy atom. The van der Waals surface area contributed by atoms with Crippen LogP contribution in [0.3, 0.4) is 0 Å². The fraction of sp³-hybridized carbons (Fsp3) is 0.636. The van der Waals surface area contributed by atoms with Crippen molar-refractivity contribution >= 4 is 21.4 Å². The molecule has 1 heterocycles. The van der Waals surface area contributed by atoms with Gasteiger partial charge in [-0.1, -0.05) is 13.0 Å². The summed E-state index contributed by atoms with van der Waals surface area (Å²) in [6.07, 6.45) is 4.17. The third-order valence-corrected chi connectivity index (χ3v) is 6.02. The molecule has 1 fully saturated rings. The highest BCUT2D eigenvalue weighted by molar-refractivity contribution is 7.91. The Labute approximate surface area is 101 Å². The van der Waals surface area contributed by atoms with Crippen molar-refractivity contribution in [3.63, 3.8) is 0 Å². The quantitative estimate of drug-likeness (QED) is 0.907. The molecule has 0 spiro atoms. The van der Waals surface area contributed by atoms with Crippen LogP contribution in [0, 0.1) is 5.92 Å². The SMILES string of the molecule is CC1CCC(NS(=O)(=O)c2cccs2)CC1. The van der Waals surface area contributed by atoms with Crippen molar-refractivity contribution < 1.29 is 8.42 Å². The molecule has 1 N–H and O–H groups in total. The van der Waals surface area contributed by atoms with Crippen molar-refractivity contribution in [3.8, 4) is 0 Å². The topological polar surface area (TPSA) is 46.2 Å². The normalized spacial score (nSPS) is 26.8. The zero-order valence-corrected chi connectivity index (χ0v) is 11.0. The van der Waals surface area contributed by atoms with E-state index in [0.29, 0.717) is 4.21 Å². The second kappa shape index (κ2) is 4.85. The molecule has 1 saturated carbocycles. The van der Waals surface area contributed by atoms with Gasteiger partial charge in [-0.3, -0.25) is 0 Å². The molecule has 0 saturated heterocycles. The number of hydrogen-bond acceptors (Lipinski definition) is 3. The van der Waals surface area contributed by atoms with E-state index < -0.39 is 10.0 Å². The standard InChI is InChI=1S/C11H17NO2S2/c1-9-4-6-10(7-5-9)12-16(13,14)11-3-2-8-15-11/h2-3,8-10,12H,4-7H2,1H3. The van der Waals surface area contributed by atoms with Gasteiger partial charge in [-0.05, 0) is 43.0 Å². The molecule has 5 heteroatoms. The molecule has 1 aromatic rings. The van der Waals surface area contributed by atoms with Crippen LogP contribution in [-0.2, 0) is 10.0 Å².